The highest BCUT2D eigenvalue weighted by atomic mass is 32.2. The van der Waals surface area contributed by atoms with Gasteiger partial charge in [-0.3, -0.25) is 0 Å². The van der Waals surface area contributed by atoms with Crippen LogP contribution in [-0.4, -0.2) is 25.4 Å². The van der Waals surface area contributed by atoms with Gasteiger partial charge in [-0.05, 0) is 59.7 Å². The maximum Gasteiger partial charge on any atom is 0.179 e. The molecule has 4 aromatic rings. The third-order valence-corrected chi connectivity index (χ3v) is 11.0. The molecular formula is C37H45N2O3S+. The van der Waals surface area contributed by atoms with E-state index in [1.165, 1.54) is 5.56 Å². The minimum Gasteiger partial charge on any atom is -0.392 e. The third-order valence-electron chi connectivity index (χ3n) is 8.99. The lowest BCUT2D eigenvalue weighted by atomic mass is 9.68. The Kier molecular flexibility index (Phi) is 9.68. The molecule has 43 heavy (non-hydrogen) atoms. The lowest BCUT2D eigenvalue weighted by Gasteiger charge is -2.40. The van der Waals surface area contributed by atoms with Gasteiger partial charge in [0.2, 0.25) is 0 Å². The van der Waals surface area contributed by atoms with Gasteiger partial charge in [0.25, 0.3) is 0 Å². The Hall–Kier alpha value is -3.48. The molecule has 2 N–H and O–H groups in total. The number of rotatable bonds is 11. The number of aliphatic hydroxyl groups excluding tert-OH is 1. The summed E-state index contributed by atoms with van der Waals surface area (Å²) in [6.07, 6.45) is 8.87. The normalized spacial score (nSPS) is 18.9. The van der Waals surface area contributed by atoms with Crippen LogP contribution in [0.4, 0.5) is 11.4 Å². The first-order valence-electron chi connectivity index (χ1n) is 15.6. The van der Waals surface area contributed by atoms with Crippen LogP contribution in [0, 0.1) is 5.41 Å². The van der Waals surface area contributed by atoms with E-state index in [0.29, 0.717) is 29.7 Å². The molecule has 2 atom stereocenters. The summed E-state index contributed by atoms with van der Waals surface area (Å²) in [5, 5.41) is 16.1. The smallest absolute Gasteiger partial charge is 0.179 e. The maximum atomic E-state index is 14.2. The third kappa shape index (κ3) is 7.02. The van der Waals surface area contributed by atoms with Crippen molar-refractivity contribution < 1.29 is 18.1 Å². The van der Waals surface area contributed by atoms with Crippen molar-refractivity contribution in [1.82, 2.24) is 0 Å². The van der Waals surface area contributed by atoms with E-state index in [4.69, 9.17) is 0 Å². The molecule has 226 valence electrons. The molecule has 0 bridgehead atoms. The minimum absolute atomic E-state index is 0.0261. The quantitative estimate of drug-likeness (QED) is 0.176. The second-order valence-corrected chi connectivity index (χ2v) is 14.2. The number of benzene rings is 3. The molecule has 0 aliphatic carbocycles. The molecule has 1 aliphatic rings. The van der Waals surface area contributed by atoms with E-state index in [1.807, 2.05) is 84.7 Å². The van der Waals surface area contributed by atoms with Gasteiger partial charge in [-0.2, -0.15) is 0 Å². The van der Waals surface area contributed by atoms with Crippen LogP contribution in [-0.2, 0) is 23.3 Å². The van der Waals surface area contributed by atoms with Crippen molar-refractivity contribution in [1.29, 1.82) is 0 Å². The fourth-order valence-electron chi connectivity index (χ4n) is 6.68. The highest BCUT2D eigenvalue weighted by molar-refractivity contribution is 7.91. The molecule has 1 aliphatic heterocycles. The highest BCUT2D eigenvalue weighted by Gasteiger charge is 2.49. The molecule has 2 heterocycles. The lowest BCUT2D eigenvalue weighted by molar-refractivity contribution is -0.671. The summed E-state index contributed by atoms with van der Waals surface area (Å²) in [7, 11) is -1.67. The summed E-state index contributed by atoms with van der Waals surface area (Å²) >= 11 is 0. The molecule has 0 radical (unpaired) electrons. The summed E-state index contributed by atoms with van der Waals surface area (Å²) in [6.45, 7) is 4.26. The van der Waals surface area contributed by atoms with Gasteiger partial charge in [-0.15, -0.1) is 0 Å². The van der Waals surface area contributed by atoms with Crippen molar-refractivity contribution in [3.8, 4) is 0 Å². The second-order valence-electron chi connectivity index (χ2n) is 12.3. The number of fused-ring (bicyclic) bond motifs is 1. The minimum atomic E-state index is -3.65. The van der Waals surface area contributed by atoms with Crippen LogP contribution in [0.5, 0.6) is 0 Å². The van der Waals surface area contributed by atoms with Gasteiger partial charge in [0.15, 0.2) is 22.2 Å². The first-order chi connectivity index (χ1) is 20.7. The van der Waals surface area contributed by atoms with Crippen LogP contribution in [0.15, 0.2) is 102 Å². The Morgan fingerprint density at radius 2 is 1.53 bits per heavy atom. The van der Waals surface area contributed by atoms with Gasteiger partial charge >= 0.3 is 0 Å². The topological polar surface area (TPSA) is 70.3 Å². The molecule has 0 unspecified atom stereocenters. The van der Waals surface area contributed by atoms with Gasteiger partial charge in [0, 0.05) is 29.2 Å². The van der Waals surface area contributed by atoms with Crippen molar-refractivity contribution in [3.05, 3.63) is 120 Å². The van der Waals surface area contributed by atoms with Crippen LogP contribution < -0.4 is 9.88 Å². The van der Waals surface area contributed by atoms with E-state index >= 15 is 0 Å². The number of unbranched alkanes of at least 4 members (excludes halogenated alkanes) is 2. The number of sulfone groups is 1. The Balaban J connectivity index is 1.66. The molecule has 6 heteroatoms. The van der Waals surface area contributed by atoms with E-state index in [0.717, 1.165) is 48.2 Å². The van der Waals surface area contributed by atoms with E-state index in [1.54, 1.807) is 6.07 Å². The second kappa shape index (κ2) is 13.4. The molecule has 5 rings (SSSR count). The van der Waals surface area contributed by atoms with Crippen LogP contribution in [0.1, 0.15) is 80.5 Å². The van der Waals surface area contributed by atoms with Crippen molar-refractivity contribution in [2.45, 2.75) is 75.7 Å². The Bertz CT molecular complexity index is 1610. The molecule has 0 saturated heterocycles. The van der Waals surface area contributed by atoms with Crippen molar-refractivity contribution in [3.63, 3.8) is 0 Å². The molecule has 0 saturated carbocycles. The van der Waals surface area contributed by atoms with E-state index in [-0.39, 0.29) is 5.75 Å². The van der Waals surface area contributed by atoms with Gasteiger partial charge in [-0.25, -0.2) is 13.0 Å². The van der Waals surface area contributed by atoms with Crippen molar-refractivity contribution in [2.24, 2.45) is 12.5 Å². The predicted octanol–water partition coefficient (Wildman–Crippen LogP) is 7.49. The van der Waals surface area contributed by atoms with Gasteiger partial charge in [0.1, 0.15) is 7.05 Å². The fourth-order valence-corrected chi connectivity index (χ4v) is 8.87. The summed E-state index contributed by atoms with van der Waals surface area (Å²) in [6, 6.07) is 28.2. The first kappa shape index (κ1) is 31.0. The number of aromatic nitrogens is 1. The zero-order valence-corrected chi connectivity index (χ0v) is 26.5. The average Bonchev–Trinajstić information content (AvgIpc) is 3.07. The standard InChI is InChI=1S/C37H44N2O3S/c1-4-6-20-37(21-7-5-2)27-43(41,42)34-17-16-29(24-28-12-9-8-10-13-28)25-33(34)35(36(37)40)30-14-11-15-32(26-30)38-31-18-22-39(3)23-19-31/h8-19,22-23,25-26,35-36,40H,4-7,20-21,24,27H2,1-3H3/p+1/t35-,36-/m1/s1. The Morgan fingerprint density at radius 1 is 0.837 bits per heavy atom. The highest BCUT2D eigenvalue weighted by Crippen LogP contribution is 2.50. The van der Waals surface area contributed by atoms with Crippen LogP contribution in [0.3, 0.4) is 0 Å². The van der Waals surface area contributed by atoms with Crippen LogP contribution >= 0.6 is 0 Å². The summed E-state index contributed by atoms with van der Waals surface area (Å²) in [5.41, 5.74) is 4.97. The number of hydrogen-bond donors (Lipinski definition) is 2. The lowest BCUT2D eigenvalue weighted by Crippen LogP contribution is -2.43. The summed E-state index contributed by atoms with van der Waals surface area (Å²) in [4.78, 5) is 0.358. The predicted molar refractivity (Wildman–Crippen MR) is 174 cm³/mol. The van der Waals surface area contributed by atoms with Crippen LogP contribution in [0.25, 0.3) is 0 Å². The van der Waals surface area contributed by atoms with E-state index in [2.05, 4.69) is 37.4 Å². The van der Waals surface area contributed by atoms with Gasteiger partial charge < -0.3 is 10.4 Å². The molecular weight excluding hydrogens is 552 g/mol. The average molecular weight is 598 g/mol. The Morgan fingerprint density at radius 3 is 2.21 bits per heavy atom. The molecule has 0 spiro atoms. The summed E-state index contributed by atoms with van der Waals surface area (Å²) < 4.78 is 30.5. The first-order valence-corrected chi connectivity index (χ1v) is 17.3. The zero-order chi connectivity index (χ0) is 30.5. The number of hydrogen-bond acceptors (Lipinski definition) is 4. The van der Waals surface area contributed by atoms with Gasteiger partial charge in [0.05, 0.1) is 22.4 Å². The monoisotopic (exact) mass is 597 g/mol. The fraction of sp³-hybridized carbons (Fsp3) is 0.378. The zero-order valence-electron chi connectivity index (χ0n) is 25.7. The molecule has 3 aromatic carbocycles. The summed E-state index contributed by atoms with van der Waals surface area (Å²) in [5.74, 6) is -0.506. The molecule has 0 amide bonds. The number of nitrogens with one attached hydrogen (secondary N) is 1. The molecule has 5 nitrogen and oxygen atoms in total. The number of pyridine rings is 1. The van der Waals surface area contributed by atoms with E-state index < -0.39 is 27.3 Å². The van der Waals surface area contributed by atoms with Crippen molar-refractivity contribution >= 4 is 21.2 Å². The largest absolute Gasteiger partial charge is 0.392 e. The van der Waals surface area contributed by atoms with Crippen molar-refractivity contribution in [2.75, 3.05) is 11.1 Å². The number of nitrogens with zero attached hydrogens (tertiary/aromatic N) is 1. The Labute approximate surface area is 257 Å². The van der Waals surface area contributed by atoms with Crippen LogP contribution in [0.2, 0.25) is 0 Å². The number of aliphatic hydroxyl groups is 1. The maximum absolute atomic E-state index is 14.2. The molecule has 0 fully saturated rings. The van der Waals surface area contributed by atoms with Gasteiger partial charge in [-0.1, -0.05) is 94.1 Å². The number of aryl methyl sites for hydroxylation is 1. The molecule has 1 aromatic heterocycles. The SMILES string of the molecule is CCCCC1(CCCC)CS(=O)(=O)c2ccc(Cc3ccccc3)cc2[C@@H](c2cccc(Nc3cc[n+](C)cc3)c2)[C@H]1O. The van der Waals surface area contributed by atoms with E-state index in [9.17, 15) is 13.5 Å². The number of anilines is 2.